The maximum absolute atomic E-state index is 14.0. The van der Waals surface area contributed by atoms with Crippen LogP contribution in [-0.4, -0.2) is 66.0 Å². The van der Waals surface area contributed by atoms with Gasteiger partial charge in [-0.25, -0.2) is 8.78 Å². The van der Waals surface area contributed by atoms with Gasteiger partial charge in [-0.1, -0.05) is 19.0 Å². The fourth-order valence-corrected chi connectivity index (χ4v) is 4.98. The van der Waals surface area contributed by atoms with Crippen molar-refractivity contribution < 1.29 is 22.9 Å². The number of likely N-dealkylation sites (tertiary alicyclic amines) is 1. The molecule has 4 rings (SSSR count). The van der Waals surface area contributed by atoms with Gasteiger partial charge in [0, 0.05) is 51.4 Å². The SMILES string of the molecule is CN(C)C(=O)C1CN(C2CC(C)(C)C2)CCC1NC(=O)c1cc(-c2ccc(F)cc2F)on1. The quantitative estimate of drug-likeness (QED) is 0.741. The third kappa shape index (κ3) is 4.93. The Morgan fingerprint density at radius 3 is 2.58 bits per heavy atom. The van der Waals surface area contributed by atoms with Gasteiger partial charge in [-0.3, -0.25) is 14.5 Å². The van der Waals surface area contributed by atoms with Gasteiger partial charge in [0.15, 0.2) is 11.5 Å². The summed E-state index contributed by atoms with van der Waals surface area (Å²) in [5.41, 5.74) is 0.333. The third-order valence-corrected chi connectivity index (χ3v) is 6.75. The van der Waals surface area contributed by atoms with E-state index in [1.54, 1.807) is 19.0 Å². The van der Waals surface area contributed by atoms with Gasteiger partial charge in [0.1, 0.15) is 11.6 Å². The van der Waals surface area contributed by atoms with Crippen LogP contribution in [0, 0.1) is 23.0 Å². The third-order valence-electron chi connectivity index (χ3n) is 6.75. The highest BCUT2D eigenvalue weighted by Crippen LogP contribution is 2.43. The Morgan fingerprint density at radius 1 is 1.21 bits per heavy atom. The molecule has 1 N–H and O–H groups in total. The topological polar surface area (TPSA) is 78.7 Å². The lowest BCUT2D eigenvalue weighted by molar-refractivity contribution is -0.137. The van der Waals surface area contributed by atoms with Crippen LogP contribution in [0.2, 0.25) is 0 Å². The second-order valence-corrected chi connectivity index (χ2v) is 10.1. The number of carbonyl (C=O) groups is 2. The minimum absolute atomic E-state index is 0.0142. The van der Waals surface area contributed by atoms with Crippen molar-refractivity contribution in [1.82, 2.24) is 20.3 Å². The van der Waals surface area contributed by atoms with E-state index in [1.807, 2.05) is 0 Å². The summed E-state index contributed by atoms with van der Waals surface area (Å²) in [6, 6.07) is 4.52. The molecule has 9 heteroatoms. The summed E-state index contributed by atoms with van der Waals surface area (Å²) in [5.74, 6) is -2.38. The molecule has 0 radical (unpaired) electrons. The number of amides is 2. The van der Waals surface area contributed by atoms with Crippen LogP contribution in [0.25, 0.3) is 11.3 Å². The molecule has 2 heterocycles. The Labute approximate surface area is 192 Å². The molecular weight excluding hydrogens is 430 g/mol. The molecule has 2 aliphatic rings. The Balaban J connectivity index is 1.46. The predicted molar refractivity (Wildman–Crippen MR) is 118 cm³/mol. The van der Waals surface area contributed by atoms with Gasteiger partial charge >= 0.3 is 0 Å². The van der Waals surface area contributed by atoms with Crippen LogP contribution in [0.3, 0.4) is 0 Å². The molecule has 0 spiro atoms. The summed E-state index contributed by atoms with van der Waals surface area (Å²) >= 11 is 0. The first kappa shape index (κ1) is 23.4. The molecule has 2 amide bonds. The fourth-order valence-electron chi connectivity index (χ4n) is 4.98. The molecule has 2 fully saturated rings. The molecule has 7 nitrogen and oxygen atoms in total. The first-order valence-electron chi connectivity index (χ1n) is 11.2. The Hall–Kier alpha value is -2.81. The van der Waals surface area contributed by atoms with Gasteiger partial charge < -0.3 is 14.7 Å². The zero-order chi connectivity index (χ0) is 23.9. The number of aromatic nitrogens is 1. The molecule has 1 aromatic heterocycles. The fraction of sp³-hybridized carbons (Fsp3) is 0.542. The van der Waals surface area contributed by atoms with Crippen LogP contribution in [0.5, 0.6) is 0 Å². The van der Waals surface area contributed by atoms with Crippen LogP contribution in [0.4, 0.5) is 8.78 Å². The van der Waals surface area contributed by atoms with Crippen molar-refractivity contribution in [2.45, 2.75) is 45.2 Å². The second kappa shape index (κ2) is 8.85. The smallest absolute Gasteiger partial charge is 0.273 e. The number of piperidine rings is 1. The highest BCUT2D eigenvalue weighted by molar-refractivity contribution is 5.94. The Bertz CT molecular complexity index is 1040. The number of halogens is 2. The molecule has 0 bridgehead atoms. The lowest BCUT2D eigenvalue weighted by Crippen LogP contribution is -2.60. The van der Waals surface area contributed by atoms with Crippen molar-refractivity contribution in [2.24, 2.45) is 11.3 Å². The lowest BCUT2D eigenvalue weighted by Gasteiger charge is -2.51. The number of hydrogen-bond acceptors (Lipinski definition) is 5. The molecule has 178 valence electrons. The summed E-state index contributed by atoms with van der Waals surface area (Å²) in [4.78, 5) is 29.7. The number of hydrogen-bond donors (Lipinski definition) is 1. The van der Waals surface area contributed by atoms with Crippen molar-refractivity contribution in [3.63, 3.8) is 0 Å². The van der Waals surface area contributed by atoms with Crippen molar-refractivity contribution in [2.75, 3.05) is 27.2 Å². The second-order valence-electron chi connectivity index (χ2n) is 10.1. The van der Waals surface area contributed by atoms with E-state index < -0.39 is 17.5 Å². The molecule has 1 saturated heterocycles. The number of rotatable bonds is 5. The van der Waals surface area contributed by atoms with E-state index >= 15 is 0 Å². The average Bonchev–Trinajstić information content (AvgIpc) is 3.21. The zero-order valence-corrected chi connectivity index (χ0v) is 19.4. The monoisotopic (exact) mass is 460 g/mol. The minimum atomic E-state index is -0.804. The van der Waals surface area contributed by atoms with E-state index in [4.69, 9.17) is 4.52 Å². The number of nitrogens with zero attached hydrogens (tertiary/aromatic N) is 3. The van der Waals surface area contributed by atoms with E-state index in [9.17, 15) is 18.4 Å². The standard InChI is InChI=1S/C24H30F2N4O3/c1-24(2)11-15(12-24)30-8-7-19(17(13-30)23(32)29(3)4)27-22(31)20-10-21(33-28-20)16-6-5-14(25)9-18(16)26/h5-6,9-10,15,17,19H,7-8,11-13H2,1-4H3,(H,27,31). The molecule has 1 aliphatic heterocycles. The summed E-state index contributed by atoms with van der Waals surface area (Å²) in [5, 5.41) is 6.69. The zero-order valence-electron chi connectivity index (χ0n) is 19.4. The minimum Gasteiger partial charge on any atom is -0.355 e. The highest BCUT2D eigenvalue weighted by Gasteiger charge is 2.44. The van der Waals surface area contributed by atoms with E-state index in [-0.39, 0.29) is 34.9 Å². The number of nitrogens with one attached hydrogen (secondary N) is 1. The summed E-state index contributed by atoms with van der Waals surface area (Å²) in [6.45, 7) is 5.90. The normalized spacial score (nSPS) is 23.1. The largest absolute Gasteiger partial charge is 0.355 e. The van der Waals surface area contributed by atoms with E-state index in [0.717, 1.165) is 31.5 Å². The molecular formula is C24H30F2N4O3. The molecule has 33 heavy (non-hydrogen) atoms. The maximum Gasteiger partial charge on any atom is 0.273 e. The molecule has 2 aromatic rings. The first-order chi connectivity index (χ1) is 15.5. The van der Waals surface area contributed by atoms with Crippen LogP contribution in [0.15, 0.2) is 28.8 Å². The number of carbonyl (C=O) groups excluding carboxylic acids is 2. The van der Waals surface area contributed by atoms with E-state index in [2.05, 4.69) is 29.2 Å². The van der Waals surface area contributed by atoms with Crippen molar-refractivity contribution in [3.05, 3.63) is 41.6 Å². The van der Waals surface area contributed by atoms with Crippen LogP contribution >= 0.6 is 0 Å². The van der Waals surface area contributed by atoms with Crippen LogP contribution in [-0.2, 0) is 4.79 Å². The Morgan fingerprint density at radius 2 is 1.94 bits per heavy atom. The van der Waals surface area contributed by atoms with Gasteiger partial charge in [0.2, 0.25) is 5.91 Å². The molecule has 1 saturated carbocycles. The Kier molecular flexibility index (Phi) is 6.26. The molecule has 2 unspecified atom stereocenters. The van der Waals surface area contributed by atoms with Gasteiger partial charge in [0.25, 0.3) is 5.91 Å². The summed E-state index contributed by atoms with van der Waals surface area (Å²) < 4.78 is 32.3. The number of benzene rings is 1. The molecule has 2 atom stereocenters. The van der Waals surface area contributed by atoms with Gasteiger partial charge in [-0.05, 0) is 36.8 Å². The van der Waals surface area contributed by atoms with Gasteiger partial charge in [0.05, 0.1) is 11.5 Å². The molecule has 1 aliphatic carbocycles. The van der Waals surface area contributed by atoms with Crippen LogP contribution in [0.1, 0.15) is 43.6 Å². The van der Waals surface area contributed by atoms with Gasteiger partial charge in [-0.15, -0.1) is 0 Å². The lowest BCUT2D eigenvalue weighted by atomic mass is 9.67. The van der Waals surface area contributed by atoms with E-state index in [1.165, 1.54) is 12.1 Å². The predicted octanol–water partition coefficient (Wildman–Crippen LogP) is 3.32. The average molecular weight is 461 g/mol. The first-order valence-corrected chi connectivity index (χ1v) is 11.2. The van der Waals surface area contributed by atoms with Crippen molar-refractivity contribution >= 4 is 11.8 Å². The maximum atomic E-state index is 14.0. The van der Waals surface area contributed by atoms with Crippen molar-refractivity contribution in [3.8, 4) is 11.3 Å². The van der Waals surface area contributed by atoms with Crippen molar-refractivity contribution in [1.29, 1.82) is 0 Å². The van der Waals surface area contributed by atoms with Crippen LogP contribution < -0.4 is 5.32 Å². The summed E-state index contributed by atoms with van der Waals surface area (Å²) in [7, 11) is 3.43. The summed E-state index contributed by atoms with van der Waals surface area (Å²) in [6.07, 6.45) is 2.85. The molecule has 1 aromatic carbocycles. The van der Waals surface area contributed by atoms with Gasteiger partial charge in [-0.2, -0.15) is 0 Å². The van der Waals surface area contributed by atoms with E-state index in [0.29, 0.717) is 24.4 Å². The highest BCUT2D eigenvalue weighted by atomic mass is 19.1.